The Hall–Kier alpha value is 0.250. The highest BCUT2D eigenvalue weighted by atomic mass is 35.5. The summed E-state index contributed by atoms with van der Waals surface area (Å²) in [6, 6.07) is 0.837. The van der Waals surface area contributed by atoms with Crippen molar-refractivity contribution in [3.05, 3.63) is 0 Å². The zero-order chi connectivity index (χ0) is 9.80. The Kier molecular flexibility index (Phi) is 4.12. The maximum atomic E-state index is 6.09. The van der Waals surface area contributed by atoms with Gasteiger partial charge in [-0.15, -0.1) is 11.6 Å². The van der Waals surface area contributed by atoms with Gasteiger partial charge in [-0.2, -0.15) is 0 Å². The van der Waals surface area contributed by atoms with Crippen molar-refractivity contribution in [3.8, 4) is 0 Å². The fourth-order valence-corrected chi connectivity index (χ4v) is 3.04. The third kappa shape index (κ3) is 3.13. The highest BCUT2D eigenvalue weighted by Gasteiger charge is 2.21. The van der Waals surface area contributed by atoms with Gasteiger partial charge in [-0.05, 0) is 51.0 Å². The Balaban J connectivity index is 1.60. The fraction of sp³-hybridized carbons (Fsp3) is 1.00. The van der Waals surface area contributed by atoms with Crippen LogP contribution in [-0.2, 0) is 0 Å². The van der Waals surface area contributed by atoms with Crippen molar-refractivity contribution in [1.82, 2.24) is 5.32 Å². The third-order valence-electron chi connectivity index (χ3n) is 3.83. The zero-order valence-corrected chi connectivity index (χ0v) is 9.73. The van der Waals surface area contributed by atoms with Crippen molar-refractivity contribution in [2.45, 2.75) is 62.8 Å². The first-order valence-corrected chi connectivity index (χ1v) is 6.65. The molecular formula is C12H22ClN. The second kappa shape index (κ2) is 5.37. The summed E-state index contributed by atoms with van der Waals surface area (Å²) >= 11 is 6.09. The summed E-state index contributed by atoms with van der Waals surface area (Å²) in [5, 5.41) is 4.19. The lowest BCUT2D eigenvalue weighted by Crippen LogP contribution is -2.33. The number of hydrogen-bond acceptors (Lipinski definition) is 1. The molecule has 0 unspecified atom stereocenters. The molecule has 0 saturated heterocycles. The molecule has 82 valence electrons. The van der Waals surface area contributed by atoms with Crippen LogP contribution in [0.15, 0.2) is 0 Å². The van der Waals surface area contributed by atoms with E-state index >= 15 is 0 Å². The quantitative estimate of drug-likeness (QED) is 0.713. The van der Waals surface area contributed by atoms with E-state index in [-0.39, 0.29) is 0 Å². The van der Waals surface area contributed by atoms with E-state index in [1.54, 1.807) is 0 Å². The summed E-state index contributed by atoms with van der Waals surface area (Å²) < 4.78 is 0. The molecule has 0 atom stereocenters. The van der Waals surface area contributed by atoms with E-state index in [4.69, 9.17) is 11.6 Å². The van der Waals surface area contributed by atoms with Crippen molar-refractivity contribution in [2.24, 2.45) is 5.92 Å². The Morgan fingerprint density at radius 3 is 2.21 bits per heavy atom. The van der Waals surface area contributed by atoms with Gasteiger partial charge in [0.25, 0.3) is 0 Å². The van der Waals surface area contributed by atoms with Crippen LogP contribution in [-0.4, -0.2) is 18.0 Å². The highest BCUT2D eigenvalue weighted by molar-refractivity contribution is 6.20. The molecule has 2 aliphatic carbocycles. The Bertz CT molecular complexity index is 158. The van der Waals surface area contributed by atoms with Crippen LogP contribution in [0.3, 0.4) is 0 Å². The molecule has 0 spiro atoms. The number of hydrogen-bond donors (Lipinski definition) is 1. The molecular weight excluding hydrogens is 194 g/mol. The van der Waals surface area contributed by atoms with Gasteiger partial charge in [0.05, 0.1) is 0 Å². The molecule has 2 fully saturated rings. The van der Waals surface area contributed by atoms with Crippen LogP contribution in [0.25, 0.3) is 0 Å². The van der Waals surface area contributed by atoms with Gasteiger partial charge in [-0.3, -0.25) is 0 Å². The van der Waals surface area contributed by atoms with Crippen molar-refractivity contribution < 1.29 is 0 Å². The lowest BCUT2D eigenvalue weighted by molar-refractivity contribution is 0.330. The predicted molar refractivity (Wildman–Crippen MR) is 61.9 cm³/mol. The van der Waals surface area contributed by atoms with Crippen LogP contribution in [0.4, 0.5) is 0 Å². The van der Waals surface area contributed by atoms with Gasteiger partial charge < -0.3 is 5.32 Å². The third-order valence-corrected chi connectivity index (χ3v) is 4.26. The van der Waals surface area contributed by atoms with E-state index in [1.165, 1.54) is 57.9 Å². The minimum absolute atomic E-state index is 0.470. The lowest BCUT2D eigenvalue weighted by Gasteiger charge is -2.26. The van der Waals surface area contributed by atoms with Crippen molar-refractivity contribution in [3.63, 3.8) is 0 Å². The Morgan fingerprint density at radius 2 is 1.57 bits per heavy atom. The predicted octanol–water partition coefficient (Wildman–Crippen LogP) is 3.32. The molecule has 0 amide bonds. The minimum atomic E-state index is 0.470. The molecule has 0 bridgehead atoms. The van der Waals surface area contributed by atoms with E-state index in [9.17, 15) is 0 Å². The highest BCUT2D eigenvalue weighted by Crippen LogP contribution is 2.27. The molecule has 1 nitrogen and oxygen atoms in total. The van der Waals surface area contributed by atoms with Gasteiger partial charge in [0, 0.05) is 11.4 Å². The van der Waals surface area contributed by atoms with Gasteiger partial charge in [0.2, 0.25) is 0 Å². The largest absolute Gasteiger partial charge is 0.314 e. The average Bonchev–Trinajstić information content (AvgIpc) is 2.70. The molecule has 2 aliphatic rings. The van der Waals surface area contributed by atoms with E-state index in [1.807, 2.05) is 0 Å². The maximum absolute atomic E-state index is 6.09. The summed E-state index contributed by atoms with van der Waals surface area (Å²) in [6.07, 6.45) is 10.8. The van der Waals surface area contributed by atoms with Gasteiger partial charge in [0.1, 0.15) is 0 Å². The van der Waals surface area contributed by atoms with E-state index in [0.717, 1.165) is 12.0 Å². The lowest BCUT2D eigenvalue weighted by atomic mass is 9.89. The molecule has 2 rings (SSSR count). The SMILES string of the molecule is ClC1CCC(CNC2CCCC2)CC1. The first-order valence-electron chi connectivity index (χ1n) is 6.22. The van der Waals surface area contributed by atoms with Crippen LogP contribution in [0.2, 0.25) is 0 Å². The van der Waals surface area contributed by atoms with Crippen LogP contribution in [0.1, 0.15) is 51.4 Å². The molecule has 0 heterocycles. The fourth-order valence-electron chi connectivity index (χ4n) is 2.79. The Morgan fingerprint density at radius 1 is 0.929 bits per heavy atom. The molecule has 2 saturated carbocycles. The first-order chi connectivity index (χ1) is 6.84. The first kappa shape index (κ1) is 10.8. The van der Waals surface area contributed by atoms with E-state index in [0.29, 0.717) is 5.38 Å². The van der Waals surface area contributed by atoms with Crippen LogP contribution in [0, 0.1) is 5.92 Å². The molecule has 14 heavy (non-hydrogen) atoms. The van der Waals surface area contributed by atoms with E-state index in [2.05, 4.69) is 5.32 Å². The van der Waals surface area contributed by atoms with Gasteiger partial charge in [-0.25, -0.2) is 0 Å². The maximum Gasteiger partial charge on any atom is 0.0336 e. The van der Waals surface area contributed by atoms with Crippen molar-refractivity contribution >= 4 is 11.6 Å². The van der Waals surface area contributed by atoms with Crippen molar-refractivity contribution in [1.29, 1.82) is 0 Å². The summed E-state index contributed by atoms with van der Waals surface area (Å²) in [7, 11) is 0. The minimum Gasteiger partial charge on any atom is -0.314 e. The van der Waals surface area contributed by atoms with Crippen molar-refractivity contribution in [2.75, 3.05) is 6.54 Å². The molecule has 0 aromatic rings. The van der Waals surface area contributed by atoms with Gasteiger partial charge in [-0.1, -0.05) is 12.8 Å². The van der Waals surface area contributed by atoms with E-state index < -0.39 is 0 Å². The summed E-state index contributed by atoms with van der Waals surface area (Å²) in [4.78, 5) is 0. The topological polar surface area (TPSA) is 12.0 Å². The molecule has 2 heteroatoms. The molecule has 1 N–H and O–H groups in total. The standard InChI is InChI=1S/C12H22ClN/c13-11-7-5-10(6-8-11)9-14-12-3-1-2-4-12/h10-12,14H,1-9H2. The molecule has 0 aromatic carbocycles. The summed E-state index contributed by atoms with van der Waals surface area (Å²) in [6.45, 7) is 1.24. The number of halogens is 1. The summed E-state index contributed by atoms with van der Waals surface area (Å²) in [5.74, 6) is 0.908. The zero-order valence-electron chi connectivity index (χ0n) is 8.97. The normalized spacial score (nSPS) is 34.9. The number of alkyl halides is 1. The smallest absolute Gasteiger partial charge is 0.0336 e. The number of rotatable bonds is 3. The second-order valence-electron chi connectivity index (χ2n) is 5.01. The average molecular weight is 216 g/mol. The second-order valence-corrected chi connectivity index (χ2v) is 5.62. The van der Waals surface area contributed by atoms with Crippen LogP contribution in [0.5, 0.6) is 0 Å². The molecule has 0 radical (unpaired) electrons. The van der Waals surface area contributed by atoms with Gasteiger partial charge >= 0.3 is 0 Å². The summed E-state index contributed by atoms with van der Waals surface area (Å²) in [5.41, 5.74) is 0. The monoisotopic (exact) mass is 215 g/mol. The van der Waals surface area contributed by atoms with Crippen LogP contribution >= 0.6 is 11.6 Å². The molecule has 0 aromatic heterocycles. The number of nitrogens with one attached hydrogen (secondary N) is 1. The Labute approximate surface area is 92.6 Å². The molecule has 0 aliphatic heterocycles. The van der Waals surface area contributed by atoms with Crippen LogP contribution < -0.4 is 5.32 Å². The van der Waals surface area contributed by atoms with Gasteiger partial charge in [0.15, 0.2) is 0 Å².